The van der Waals surface area contributed by atoms with Gasteiger partial charge >= 0.3 is 0 Å². The van der Waals surface area contributed by atoms with Crippen molar-refractivity contribution in [2.45, 2.75) is 47.3 Å². The van der Waals surface area contributed by atoms with Crippen molar-refractivity contribution in [1.82, 2.24) is 4.57 Å². The Labute approximate surface area is 334 Å². The molecule has 2 heterocycles. The van der Waals surface area contributed by atoms with Crippen molar-refractivity contribution in [2.75, 3.05) is 4.90 Å². The first-order valence-corrected chi connectivity index (χ1v) is 22.0. The fourth-order valence-electron chi connectivity index (χ4n) is 12.2. The molecule has 4 fully saturated rings. The molecule has 8 aromatic rings. The first-order valence-electron chi connectivity index (χ1n) is 20.5. The molecule has 0 unspecified atom stereocenters. The highest BCUT2D eigenvalue weighted by molar-refractivity contribution is 7.91. The molecule has 0 radical (unpaired) electrons. The van der Waals surface area contributed by atoms with Gasteiger partial charge in [0, 0.05) is 38.8 Å². The molecular formula is C52H42N2O2S. The molecule has 5 aliphatic rings. The Kier molecular flexibility index (Phi) is 7.17. The highest BCUT2D eigenvalue weighted by Gasteiger charge is 2.62. The maximum absolute atomic E-state index is 14.7. The summed E-state index contributed by atoms with van der Waals surface area (Å²) >= 11 is 0. The molecule has 1 spiro atoms. The number of benzene rings is 7. The van der Waals surface area contributed by atoms with Gasteiger partial charge < -0.3 is 9.47 Å². The summed E-state index contributed by atoms with van der Waals surface area (Å²) in [6.45, 7) is 0. The summed E-state index contributed by atoms with van der Waals surface area (Å²) in [5.74, 6) is 2.35. The lowest BCUT2D eigenvalue weighted by molar-refractivity contribution is -0.0446. The Morgan fingerprint density at radius 1 is 0.509 bits per heavy atom. The third-order valence-corrected chi connectivity index (χ3v) is 16.1. The van der Waals surface area contributed by atoms with E-state index in [9.17, 15) is 8.42 Å². The number of anilines is 3. The molecule has 0 atom stereocenters. The summed E-state index contributed by atoms with van der Waals surface area (Å²) in [7, 11) is -3.72. The lowest BCUT2D eigenvalue weighted by Gasteiger charge is -2.63. The summed E-state index contributed by atoms with van der Waals surface area (Å²) in [6, 6.07) is 59.6. The molecule has 278 valence electrons. The van der Waals surface area contributed by atoms with E-state index in [4.69, 9.17) is 0 Å². The number of rotatable bonds is 5. The van der Waals surface area contributed by atoms with E-state index < -0.39 is 9.84 Å². The largest absolute Gasteiger partial charge is 0.310 e. The second-order valence-electron chi connectivity index (χ2n) is 17.0. The second-order valence-corrected chi connectivity index (χ2v) is 18.8. The normalized spacial score (nSPS) is 23.8. The van der Waals surface area contributed by atoms with Gasteiger partial charge in [-0.1, -0.05) is 103 Å². The van der Waals surface area contributed by atoms with Crippen LogP contribution >= 0.6 is 0 Å². The van der Waals surface area contributed by atoms with Crippen LogP contribution in [-0.2, 0) is 15.3 Å². The third-order valence-electron chi connectivity index (χ3n) is 14.2. The minimum atomic E-state index is -3.72. The van der Waals surface area contributed by atoms with Crippen molar-refractivity contribution in [3.05, 3.63) is 181 Å². The summed E-state index contributed by atoms with van der Waals surface area (Å²) in [6.07, 6.45) is 6.04. The molecular weight excluding hydrogens is 717 g/mol. The first kappa shape index (κ1) is 33.3. The van der Waals surface area contributed by atoms with E-state index in [2.05, 4.69) is 161 Å². The van der Waals surface area contributed by atoms with Crippen LogP contribution in [0.4, 0.5) is 17.1 Å². The zero-order valence-electron chi connectivity index (χ0n) is 31.6. The minimum absolute atomic E-state index is 0.328. The number of aromatic nitrogens is 1. The van der Waals surface area contributed by atoms with Crippen molar-refractivity contribution < 1.29 is 8.42 Å². The molecule has 1 aliphatic heterocycles. The summed E-state index contributed by atoms with van der Waals surface area (Å²) in [5.41, 5.74) is 10.4. The summed E-state index contributed by atoms with van der Waals surface area (Å²) in [4.78, 5) is 3.37. The van der Waals surface area contributed by atoms with E-state index in [0.29, 0.717) is 21.6 Å². The van der Waals surface area contributed by atoms with Crippen LogP contribution < -0.4 is 4.90 Å². The van der Waals surface area contributed by atoms with E-state index >= 15 is 0 Å². The van der Waals surface area contributed by atoms with E-state index in [-0.39, 0.29) is 5.41 Å². The molecule has 4 aliphatic carbocycles. The van der Waals surface area contributed by atoms with Crippen LogP contribution in [-0.4, -0.2) is 13.0 Å². The van der Waals surface area contributed by atoms with Crippen LogP contribution in [0.2, 0.25) is 0 Å². The zero-order valence-corrected chi connectivity index (χ0v) is 32.4. The molecule has 4 nitrogen and oxygen atoms in total. The molecule has 13 rings (SSSR count). The van der Waals surface area contributed by atoms with Gasteiger partial charge in [-0.15, -0.1) is 0 Å². The summed E-state index contributed by atoms with van der Waals surface area (Å²) < 4.78 is 31.7. The van der Waals surface area contributed by atoms with E-state index in [1.807, 2.05) is 18.2 Å². The number of para-hydroxylation sites is 3. The summed E-state index contributed by atoms with van der Waals surface area (Å²) in [5, 5.41) is 2.47. The number of hydrogen-bond donors (Lipinski definition) is 0. The van der Waals surface area contributed by atoms with Gasteiger partial charge in [-0.2, -0.15) is 0 Å². The molecule has 5 heteroatoms. The number of sulfone groups is 1. The van der Waals surface area contributed by atoms with Gasteiger partial charge in [0.05, 0.1) is 26.5 Å². The highest BCUT2D eigenvalue weighted by Crippen LogP contribution is 2.68. The lowest BCUT2D eigenvalue weighted by atomic mass is 9.42. The highest BCUT2D eigenvalue weighted by atomic mass is 32.2. The van der Waals surface area contributed by atoms with Crippen molar-refractivity contribution in [3.63, 3.8) is 0 Å². The standard InChI is InChI=1S/C52H42N2O2S/c55-57(56)50-21-11-7-17-45(50)52(37-29-34-28-35(31-37)32-38(52)30-34)46-33-41(26-27-51(46)57)53(47-18-8-4-14-42(47)36-12-2-1-3-13-36)39-22-24-40(25-23-39)54-48-19-9-5-15-43(48)44-16-6-10-20-49(44)54/h1-27,33-35,37-38H,28-32H2. The molecule has 1 aromatic heterocycles. The fourth-order valence-corrected chi connectivity index (χ4v) is 14.0. The van der Waals surface area contributed by atoms with Gasteiger partial charge in [0.15, 0.2) is 0 Å². The Balaban J connectivity index is 1.08. The SMILES string of the molecule is O=S1(=O)c2ccccc2C2(c3cc(N(c4ccc(-n5c6ccccc6c6ccccc65)cc4)c4ccccc4-c4ccccc4)ccc31)C1CC3CC(C1)CC2C3. The lowest BCUT2D eigenvalue weighted by Crippen LogP contribution is -2.57. The Morgan fingerprint density at radius 3 is 1.77 bits per heavy atom. The third kappa shape index (κ3) is 4.69. The maximum Gasteiger partial charge on any atom is 0.207 e. The van der Waals surface area contributed by atoms with Gasteiger partial charge in [0.25, 0.3) is 0 Å². The van der Waals surface area contributed by atoms with E-state index in [1.165, 1.54) is 53.9 Å². The maximum atomic E-state index is 14.7. The predicted molar refractivity (Wildman–Crippen MR) is 231 cm³/mol. The smallest absolute Gasteiger partial charge is 0.207 e. The zero-order chi connectivity index (χ0) is 37.9. The fraction of sp³-hybridized carbons (Fsp3) is 0.192. The van der Waals surface area contributed by atoms with Crippen molar-refractivity contribution in [3.8, 4) is 16.8 Å². The van der Waals surface area contributed by atoms with Crippen molar-refractivity contribution in [1.29, 1.82) is 0 Å². The van der Waals surface area contributed by atoms with Gasteiger partial charge in [0.1, 0.15) is 0 Å². The molecule has 57 heavy (non-hydrogen) atoms. The molecule has 0 saturated heterocycles. The predicted octanol–water partition coefficient (Wildman–Crippen LogP) is 12.8. The van der Waals surface area contributed by atoms with Gasteiger partial charge in [-0.3, -0.25) is 0 Å². The Morgan fingerprint density at radius 2 is 1.07 bits per heavy atom. The van der Waals surface area contributed by atoms with Crippen LogP contribution in [0.1, 0.15) is 43.2 Å². The monoisotopic (exact) mass is 758 g/mol. The van der Waals surface area contributed by atoms with Crippen LogP contribution in [0.5, 0.6) is 0 Å². The molecule has 0 amide bonds. The quantitative estimate of drug-likeness (QED) is 0.176. The number of hydrogen-bond acceptors (Lipinski definition) is 3. The molecule has 4 saturated carbocycles. The van der Waals surface area contributed by atoms with E-state index in [1.54, 1.807) is 0 Å². The van der Waals surface area contributed by atoms with Gasteiger partial charge in [-0.25, -0.2) is 8.42 Å². The Bertz CT molecular complexity index is 2920. The topological polar surface area (TPSA) is 42.3 Å². The van der Waals surface area contributed by atoms with Crippen molar-refractivity contribution >= 4 is 48.7 Å². The molecule has 0 N–H and O–H groups in total. The van der Waals surface area contributed by atoms with Crippen LogP contribution in [0, 0.1) is 23.7 Å². The van der Waals surface area contributed by atoms with Gasteiger partial charge in [0.2, 0.25) is 9.84 Å². The minimum Gasteiger partial charge on any atom is -0.310 e. The van der Waals surface area contributed by atoms with Crippen LogP contribution in [0.15, 0.2) is 180 Å². The molecule has 4 bridgehead atoms. The van der Waals surface area contributed by atoms with Crippen LogP contribution in [0.25, 0.3) is 38.6 Å². The average molecular weight is 759 g/mol. The van der Waals surface area contributed by atoms with E-state index in [0.717, 1.165) is 56.8 Å². The molecule has 7 aromatic carbocycles. The average Bonchev–Trinajstić information content (AvgIpc) is 3.59. The Hall–Kier alpha value is -5.91. The van der Waals surface area contributed by atoms with Gasteiger partial charge in [-0.05, 0) is 139 Å². The number of nitrogens with zero attached hydrogens (tertiary/aromatic N) is 2. The first-order chi connectivity index (χ1) is 28.0. The number of fused-ring (bicyclic) bond motifs is 5. The second kappa shape index (κ2) is 12.3. The van der Waals surface area contributed by atoms with Crippen molar-refractivity contribution in [2.24, 2.45) is 23.7 Å². The van der Waals surface area contributed by atoms with Crippen LogP contribution in [0.3, 0.4) is 0 Å².